The molecule has 0 saturated carbocycles. The summed E-state index contributed by atoms with van der Waals surface area (Å²) < 4.78 is 21.8. The molecule has 0 spiro atoms. The lowest BCUT2D eigenvalue weighted by Crippen LogP contribution is -2.11. The van der Waals surface area contributed by atoms with Gasteiger partial charge in [-0.05, 0) is 23.7 Å². The highest BCUT2D eigenvalue weighted by Crippen LogP contribution is 2.27. The van der Waals surface area contributed by atoms with Crippen molar-refractivity contribution < 1.29 is 8.42 Å². The van der Waals surface area contributed by atoms with E-state index in [4.69, 9.17) is 22.3 Å². The summed E-state index contributed by atoms with van der Waals surface area (Å²) in [5, 5.41) is 8.24. The van der Waals surface area contributed by atoms with Crippen LogP contribution in [0.5, 0.6) is 0 Å². The molecule has 0 radical (unpaired) electrons. The quantitative estimate of drug-likeness (QED) is 0.477. The number of primary sulfonamides is 1. The lowest BCUT2D eigenvalue weighted by molar-refractivity contribution is 0.598. The van der Waals surface area contributed by atoms with Crippen molar-refractivity contribution >= 4 is 27.3 Å². The third kappa shape index (κ3) is 2.36. The first kappa shape index (κ1) is 10.8. The molecule has 0 atom stereocenters. The Balaban J connectivity index is 3.41. The molecule has 14 heavy (non-hydrogen) atoms. The lowest BCUT2D eigenvalue weighted by atomic mass is 10.3. The molecule has 1 aromatic carbocycles. The van der Waals surface area contributed by atoms with Gasteiger partial charge in [0.2, 0.25) is 10.0 Å². The zero-order chi connectivity index (χ0) is 10.8. The molecule has 2 N–H and O–H groups in total. The van der Waals surface area contributed by atoms with Gasteiger partial charge >= 0.3 is 0 Å². The monoisotopic (exact) mass is 232 g/mol. The van der Waals surface area contributed by atoms with Crippen molar-refractivity contribution in [3.8, 4) is 0 Å². The number of hydrogen-bond acceptors (Lipinski definition) is 3. The van der Waals surface area contributed by atoms with Gasteiger partial charge < -0.3 is 0 Å². The van der Waals surface area contributed by atoms with Gasteiger partial charge in [0.15, 0.2) is 0 Å². The van der Waals surface area contributed by atoms with Gasteiger partial charge in [0.1, 0.15) is 0 Å². The average molecular weight is 233 g/mol. The highest BCUT2D eigenvalue weighted by molar-refractivity contribution is 7.89. The molecular formula is C6H5ClN4O2S. The molecule has 8 heteroatoms. The second-order valence-electron chi connectivity index (χ2n) is 2.35. The summed E-state index contributed by atoms with van der Waals surface area (Å²) in [4.78, 5) is 2.35. The standard InChI is InChI=1S/C6H5ClN4O2S/c7-5-2-1-4(14(9,12)13)3-6(5)10-11-8/h1-3H,(H2,9,12,13). The molecule has 0 bridgehead atoms. The van der Waals surface area contributed by atoms with Gasteiger partial charge in [0.25, 0.3) is 0 Å². The molecule has 0 fully saturated rings. The van der Waals surface area contributed by atoms with Crippen LogP contribution in [0.25, 0.3) is 10.4 Å². The summed E-state index contributed by atoms with van der Waals surface area (Å²) in [6.45, 7) is 0. The Morgan fingerprint density at radius 3 is 2.64 bits per heavy atom. The van der Waals surface area contributed by atoms with Crippen LogP contribution in [-0.2, 0) is 10.0 Å². The molecule has 0 saturated heterocycles. The maximum Gasteiger partial charge on any atom is 0.238 e. The fourth-order valence-electron chi connectivity index (χ4n) is 0.794. The number of sulfonamides is 1. The third-order valence-electron chi connectivity index (χ3n) is 1.40. The van der Waals surface area contributed by atoms with E-state index in [0.717, 1.165) is 6.07 Å². The zero-order valence-electron chi connectivity index (χ0n) is 6.75. The molecule has 0 aromatic heterocycles. The van der Waals surface area contributed by atoms with Crippen LogP contribution < -0.4 is 5.14 Å². The molecule has 0 amide bonds. The first-order valence-electron chi connectivity index (χ1n) is 3.32. The highest BCUT2D eigenvalue weighted by atomic mass is 35.5. The molecule has 0 aliphatic heterocycles. The van der Waals surface area contributed by atoms with Crippen molar-refractivity contribution in [1.82, 2.24) is 0 Å². The van der Waals surface area contributed by atoms with E-state index in [1.54, 1.807) is 0 Å². The number of hydrogen-bond donors (Lipinski definition) is 1. The summed E-state index contributed by atoms with van der Waals surface area (Å²) in [6, 6.07) is 3.64. The van der Waals surface area contributed by atoms with Gasteiger partial charge in [0, 0.05) is 4.91 Å². The molecular weight excluding hydrogens is 228 g/mol. The van der Waals surface area contributed by atoms with E-state index < -0.39 is 10.0 Å². The topological polar surface area (TPSA) is 109 Å². The van der Waals surface area contributed by atoms with Crippen molar-refractivity contribution in [2.75, 3.05) is 0 Å². The van der Waals surface area contributed by atoms with Crippen LogP contribution in [0.1, 0.15) is 0 Å². The van der Waals surface area contributed by atoms with Crippen LogP contribution in [0.3, 0.4) is 0 Å². The molecule has 0 heterocycles. The Labute approximate surface area is 85.0 Å². The van der Waals surface area contributed by atoms with E-state index >= 15 is 0 Å². The van der Waals surface area contributed by atoms with Crippen LogP contribution in [-0.4, -0.2) is 8.42 Å². The van der Waals surface area contributed by atoms with Crippen molar-refractivity contribution in [2.24, 2.45) is 10.3 Å². The van der Waals surface area contributed by atoms with E-state index in [1.165, 1.54) is 12.1 Å². The first-order chi connectivity index (χ1) is 6.45. The maximum atomic E-state index is 10.9. The van der Waals surface area contributed by atoms with Crippen molar-refractivity contribution in [1.29, 1.82) is 0 Å². The van der Waals surface area contributed by atoms with E-state index in [-0.39, 0.29) is 15.6 Å². The molecule has 0 aliphatic rings. The van der Waals surface area contributed by atoms with Crippen LogP contribution in [0.15, 0.2) is 28.2 Å². The summed E-state index contributed by atoms with van der Waals surface area (Å²) >= 11 is 5.62. The summed E-state index contributed by atoms with van der Waals surface area (Å²) in [7, 11) is -3.80. The summed E-state index contributed by atoms with van der Waals surface area (Å²) in [5.41, 5.74) is 8.19. The van der Waals surface area contributed by atoms with Gasteiger partial charge in [0.05, 0.1) is 15.6 Å². The van der Waals surface area contributed by atoms with Gasteiger partial charge in [-0.15, -0.1) is 0 Å². The highest BCUT2D eigenvalue weighted by Gasteiger charge is 2.09. The number of benzene rings is 1. The van der Waals surface area contributed by atoms with E-state index in [0.29, 0.717) is 0 Å². The van der Waals surface area contributed by atoms with Gasteiger partial charge in [-0.3, -0.25) is 0 Å². The second-order valence-corrected chi connectivity index (χ2v) is 4.32. The fraction of sp³-hybridized carbons (Fsp3) is 0. The minimum absolute atomic E-state index is 0.0284. The number of halogens is 1. The minimum Gasteiger partial charge on any atom is -0.225 e. The Kier molecular flexibility index (Phi) is 2.97. The first-order valence-corrected chi connectivity index (χ1v) is 5.25. The fourth-order valence-corrected chi connectivity index (χ4v) is 1.48. The molecule has 74 valence electrons. The third-order valence-corrected chi connectivity index (χ3v) is 2.63. The smallest absolute Gasteiger partial charge is 0.225 e. The molecule has 0 unspecified atom stereocenters. The number of nitrogens with zero attached hydrogens (tertiary/aromatic N) is 3. The zero-order valence-corrected chi connectivity index (χ0v) is 8.33. The van der Waals surface area contributed by atoms with Gasteiger partial charge in [-0.2, -0.15) is 0 Å². The average Bonchev–Trinajstić information content (AvgIpc) is 2.07. The van der Waals surface area contributed by atoms with Crippen molar-refractivity contribution in [2.45, 2.75) is 4.90 Å². The molecule has 6 nitrogen and oxygen atoms in total. The van der Waals surface area contributed by atoms with Gasteiger partial charge in [-0.1, -0.05) is 16.7 Å². The summed E-state index contributed by atoms with van der Waals surface area (Å²) in [6.07, 6.45) is 0. The number of azide groups is 1. The largest absolute Gasteiger partial charge is 0.238 e. The predicted octanol–water partition coefficient (Wildman–Crippen LogP) is 1.93. The van der Waals surface area contributed by atoms with Gasteiger partial charge in [-0.25, -0.2) is 13.6 Å². The maximum absolute atomic E-state index is 10.9. The normalized spacial score (nSPS) is 10.7. The van der Waals surface area contributed by atoms with E-state index in [9.17, 15) is 8.42 Å². The molecule has 1 aromatic rings. The number of nitrogens with two attached hydrogens (primary N) is 1. The van der Waals surface area contributed by atoms with E-state index in [1.807, 2.05) is 0 Å². The molecule has 1 rings (SSSR count). The summed E-state index contributed by atoms with van der Waals surface area (Å²) in [5.74, 6) is 0. The molecule has 0 aliphatic carbocycles. The predicted molar refractivity (Wildman–Crippen MR) is 51.6 cm³/mol. The van der Waals surface area contributed by atoms with Crippen LogP contribution >= 0.6 is 11.6 Å². The lowest BCUT2D eigenvalue weighted by Gasteiger charge is -2.00. The van der Waals surface area contributed by atoms with Crippen LogP contribution in [0, 0.1) is 0 Å². The Bertz CT molecular complexity index is 507. The van der Waals surface area contributed by atoms with Crippen molar-refractivity contribution in [3.63, 3.8) is 0 Å². The second kappa shape index (κ2) is 3.85. The SMILES string of the molecule is [N-]=[N+]=Nc1cc(S(N)(=O)=O)ccc1Cl. The van der Waals surface area contributed by atoms with Crippen LogP contribution in [0.4, 0.5) is 5.69 Å². The Morgan fingerprint density at radius 1 is 1.50 bits per heavy atom. The van der Waals surface area contributed by atoms with Crippen LogP contribution in [0.2, 0.25) is 5.02 Å². The Hall–Kier alpha value is -1.27. The Morgan fingerprint density at radius 2 is 2.14 bits per heavy atom. The van der Waals surface area contributed by atoms with E-state index in [2.05, 4.69) is 10.0 Å². The number of rotatable bonds is 2. The van der Waals surface area contributed by atoms with Crippen molar-refractivity contribution in [3.05, 3.63) is 33.7 Å². The minimum atomic E-state index is -3.80.